The molecule has 1 heterocycles. The first-order valence-corrected chi connectivity index (χ1v) is 7.55. The van der Waals surface area contributed by atoms with Crippen LogP contribution in [0.3, 0.4) is 0 Å². The molecule has 2 N–H and O–H groups in total. The van der Waals surface area contributed by atoms with E-state index in [1.807, 2.05) is 18.2 Å². The van der Waals surface area contributed by atoms with Crippen LogP contribution in [0.5, 0.6) is 0 Å². The van der Waals surface area contributed by atoms with Gasteiger partial charge in [-0.1, -0.05) is 36.4 Å². The highest BCUT2D eigenvalue weighted by atomic mass is 19.1. The lowest BCUT2D eigenvalue weighted by molar-refractivity contribution is 0.158. The lowest BCUT2D eigenvalue weighted by Crippen LogP contribution is -2.42. The van der Waals surface area contributed by atoms with E-state index in [9.17, 15) is 9.50 Å². The fraction of sp³-hybridized carbons (Fsp3) is 0.389. The van der Waals surface area contributed by atoms with E-state index in [1.54, 1.807) is 6.07 Å². The molecule has 0 aliphatic heterocycles. The summed E-state index contributed by atoms with van der Waals surface area (Å²) < 4.78 is 12.8. The minimum Gasteiger partial charge on any atom is -0.387 e. The van der Waals surface area contributed by atoms with Gasteiger partial charge in [-0.15, -0.1) is 0 Å². The lowest BCUT2D eigenvalue weighted by atomic mass is 9.95. The van der Waals surface area contributed by atoms with Gasteiger partial charge < -0.3 is 10.4 Å². The van der Waals surface area contributed by atoms with Crippen LogP contribution in [0, 0.1) is 5.95 Å². The number of hydrogen-bond acceptors (Lipinski definition) is 3. The average Bonchev–Trinajstić information content (AvgIpc) is 2.53. The van der Waals surface area contributed by atoms with E-state index in [-0.39, 0.29) is 5.54 Å². The maximum absolute atomic E-state index is 12.8. The Morgan fingerprint density at radius 1 is 1.18 bits per heavy atom. The molecule has 1 unspecified atom stereocenters. The molecule has 2 rings (SSSR count). The van der Waals surface area contributed by atoms with Crippen LogP contribution in [0.4, 0.5) is 4.39 Å². The molecular formula is C18H23FN2O. The highest BCUT2D eigenvalue weighted by molar-refractivity contribution is 5.15. The van der Waals surface area contributed by atoms with Crippen molar-refractivity contribution in [1.29, 1.82) is 0 Å². The van der Waals surface area contributed by atoms with Gasteiger partial charge >= 0.3 is 0 Å². The van der Waals surface area contributed by atoms with E-state index in [0.29, 0.717) is 12.1 Å². The fourth-order valence-electron chi connectivity index (χ4n) is 2.27. The van der Waals surface area contributed by atoms with Crippen molar-refractivity contribution in [3.05, 3.63) is 65.7 Å². The Kier molecular flexibility index (Phi) is 5.63. The number of aliphatic hydroxyl groups excluding tert-OH is 1. The Balaban J connectivity index is 1.82. The highest BCUT2D eigenvalue weighted by Crippen LogP contribution is 2.16. The summed E-state index contributed by atoms with van der Waals surface area (Å²) in [6.45, 7) is 4.65. The first-order valence-electron chi connectivity index (χ1n) is 7.55. The number of aryl methyl sites for hydroxylation is 1. The van der Waals surface area contributed by atoms with Crippen molar-refractivity contribution in [1.82, 2.24) is 10.3 Å². The van der Waals surface area contributed by atoms with Gasteiger partial charge in [-0.2, -0.15) is 4.39 Å². The standard InChI is InChI=1S/C18H23FN2O/c1-18(2,11-10-14-6-4-3-5-7-14)21-13-16(22)15-8-9-17(19)20-12-15/h3-9,12,16,21-22H,10-11,13H2,1-2H3. The maximum Gasteiger partial charge on any atom is 0.212 e. The number of halogens is 1. The predicted molar refractivity (Wildman–Crippen MR) is 86.0 cm³/mol. The molecule has 0 aliphatic rings. The van der Waals surface area contributed by atoms with Crippen molar-refractivity contribution >= 4 is 0 Å². The van der Waals surface area contributed by atoms with Crippen molar-refractivity contribution in [3.63, 3.8) is 0 Å². The minimum atomic E-state index is -0.691. The van der Waals surface area contributed by atoms with Crippen LogP contribution < -0.4 is 5.32 Å². The smallest absolute Gasteiger partial charge is 0.212 e. The topological polar surface area (TPSA) is 45.1 Å². The third-order valence-corrected chi connectivity index (χ3v) is 3.79. The summed E-state index contributed by atoms with van der Waals surface area (Å²) in [7, 11) is 0. The van der Waals surface area contributed by atoms with Gasteiger partial charge in [0, 0.05) is 23.8 Å². The predicted octanol–water partition coefficient (Wildman–Crippen LogP) is 3.26. The number of aromatic nitrogens is 1. The number of rotatable bonds is 7. The van der Waals surface area contributed by atoms with Crippen molar-refractivity contribution in [2.75, 3.05) is 6.54 Å². The number of nitrogens with one attached hydrogen (secondary N) is 1. The second-order valence-corrected chi connectivity index (χ2v) is 6.18. The zero-order chi connectivity index (χ0) is 16.0. The van der Waals surface area contributed by atoms with E-state index in [1.165, 1.54) is 17.8 Å². The Morgan fingerprint density at radius 2 is 1.91 bits per heavy atom. The van der Waals surface area contributed by atoms with Gasteiger partial charge in [0.05, 0.1) is 6.10 Å². The van der Waals surface area contributed by atoms with Gasteiger partial charge in [0.15, 0.2) is 0 Å². The normalized spacial score (nSPS) is 13.1. The van der Waals surface area contributed by atoms with Gasteiger partial charge in [0.2, 0.25) is 5.95 Å². The van der Waals surface area contributed by atoms with Gasteiger partial charge in [-0.05, 0) is 38.3 Å². The van der Waals surface area contributed by atoms with Gasteiger partial charge in [-0.3, -0.25) is 0 Å². The van der Waals surface area contributed by atoms with Crippen LogP contribution in [0.15, 0.2) is 48.7 Å². The molecule has 1 aromatic carbocycles. The molecule has 1 atom stereocenters. The van der Waals surface area contributed by atoms with E-state index >= 15 is 0 Å². The summed E-state index contributed by atoms with van der Waals surface area (Å²) in [6, 6.07) is 13.2. The molecule has 22 heavy (non-hydrogen) atoms. The quantitative estimate of drug-likeness (QED) is 0.772. The Bertz CT molecular complexity index is 569. The molecule has 0 radical (unpaired) electrons. The van der Waals surface area contributed by atoms with Crippen LogP contribution in [0.25, 0.3) is 0 Å². The van der Waals surface area contributed by atoms with Crippen LogP contribution in [-0.4, -0.2) is 22.2 Å². The average molecular weight is 302 g/mol. The third kappa shape index (κ3) is 5.20. The molecule has 118 valence electrons. The maximum atomic E-state index is 12.8. The zero-order valence-electron chi connectivity index (χ0n) is 13.1. The molecule has 0 bridgehead atoms. The summed E-state index contributed by atoms with van der Waals surface area (Å²) in [4.78, 5) is 3.57. The number of aliphatic hydroxyl groups is 1. The SMILES string of the molecule is CC(C)(CCc1ccccc1)NCC(O)c1ccc(F)nc1. The van der Waals surface area contributed by atoms with E-state index in [4.69, 9.17) is 0 Å². The molecule has 0 saturated carbocycles. The Labute approximate surface area is 131 Å². The molecule has 2 aromatic rings. The minimum absolute atomic E-state index is 0.0930. The Morgan fingerprint density at radius 3 is 2.55 bits per heavy atom. The van der Waals surface area contributed by atoms with Crippen molar-refractivity contribution < 1.29 is 9.50 Å². The van der Waals surface area contributed by atoms with Gasteiger partial charge in [0.1, 0.15) is 0 Å². The van der Waals surface area contributed by atoms with E-state index in [2.05, 4.69) is 36.3 Å². The van der Waals surface area contributed by atoms with Crippen LogP contribution in [-0.2, 0) is 6.42 Å². The number of benzene rings is 1. The number of pyridine rings is 1. The zero-order valence-corrected chi connectivity index (χ0v) is 13.1. The summed E-state index contributed by atoms with van der Waals surface area (Å²) in [5.74, 6) is -0.535. The summed E-state index contributed by atoms with van der Waals surface area (Å²) >= 11 is 0. The number of β-amino-alcohol motifs (C(OH)–C–C–N with tert-alkyl or cyclic N) is 1. The summed E-state index contributed by atoms with van der Waals surface area (Å²) in [5.41, 5.74) is 1.83. The molecule has 4 heteroatoms. The second-order valence-electron chi connectivity index (χ2n) is 6.18. The van der Waals surface area contributed by atoms with Crippen molar-refractivity contribution in [2.24, 2.45) is 0 Å². The summed E-state index contributed by atoms with van der Waals surface area (Å²) in [6.07, 6.45) is 2.63. The Hall–Kier alpha value is -1.78. The molecule has 0 fully saturated rings. The van der Waals surface area contributed by atoms with Gasteiger partial charge in [-0.25, -0.2) is 4.98 Å². The monoisotopic (exact) mass is 302 g/mol. The largest absolute Gasteiger partial charge is 0.387 e. The molecule has 3 nitrogen and oxygen atoms in total. The van der Waals surface area contributed by atoms with Crippen LogP contribution in [0.2, 0.25) is 0 Å². The van der Waals surface area contributed by atoms with E-state index < -0.39 is 12.1 Å². The molecule has 0 amide bonds. The highest BCUT2D eigenvalue weighted by Gasteiger charge is 2.19. The van der Waals surface area contributed by atoms with E-state index in [0.717, 1.165) is 12.8 Å². The fourth-order valence-corrected chi connectivity index (χ4v) is 2.27. The third-order valence-electron chi connectivity index (χ3n) is 3.79. The van der Waals surface area contributed by atoms with Crippen molar-refractivity contribution in [3.8, 4) is 0 Å². The molecule has 0 spiro atoms. The molecule has 0 saturated heterocycles. The number of nitrogens with zero attached hydrogens (tertiary/aromatic N) is 1. The molecule has 1 aromatic heterocycles. The lowest BCUT2D eigenvalue weighted by Gasteiger charge is -2.28. The second kappa shape index (κ2) is 7.47. The first-order chi connectivity index (χ1) is 10.5. The van der Waals surface area contributed by atoms with Crippen molar-refractivity contribution in [2.45, 2.75) is 38.3 Å². The molecular weight excluding hydrogens is 279 g/mol. The first kappa shape index (κ1) is 16.6. The van der Waals surface area contributed by atoms with Crippen LogP contribution in [0.1, 0.15) is 37.5 Å². The molecule has 0 aliphatic carbocycles. The van der Waals surface area contributed by atoms with Crippen LogP contribution >= 0.6 is 0 Å². The number of hydrogen-bond donors (Lipinski definition) is 2. The summed E-state index contributed by atoms with van der Waals surface area (Å²) in [5, 5.41) is 13.5. The van der Waals surface area contributed by atoms with Gasteiger partial charge in [0.25, 0.3) is 0 Å².